The Morgan fingerprint density at radius 3 is 2.83 bits per heavy atom. The predicted octanol–water partition coefficient (Wildman–Crippen LogP) is 2.45. The minimum atomic E-state index is -0.544. The quantitative estimate of drug-likeness (QED) is 0.582. The first-order chi connectivity index (χ1) is 14.0. The second-order valence-corrected chi connectivity index (χ2v) is 6.94. The molecule has 0 aromatic heterocycles. The van der Waals surface area contributed by atoms with Crippen LogP contribution < -0.4 is 15.1 Å². The zero-order valence-electron chi connectivity index (χ0n) is 16.6. The van der Waals surface area contributed by atoms with Crippen molar-refractivity contribution < 1.29 is 23.6 Å². The second kappa shape index (κ2) is 9.40. The van der Waals surface area contributed by atoms with E-state index in [-0.39, 0.29) is 24.8 Å². The number of cyclic esters (lactones) is 1. The van der Waals surface area contributed by atoms with Crippen molar-refractivity contribution in [2.75, 3.05) is 43.1 Å². The van der Waals surface area contributed by atoms with Crippen molar-refractivity contribution in [3.05, 3.63) is 35.7 Å². The van der Waals surface area contributed by atoms with E-state index in [0.717, 1.165) is 12.8 Å². The molecule has 0 aliphatic carbocycles. The third kappa shape index (κ3) is 5.24. The highest BCUT2D eigenvalue weighted by Crippen LogP contribution is 2.30. The van der Waals surface area contributed by atoms with Crippen molar-refractivity contribution in [1.82, 2.24) is 5.32 Å². The Kier molecular flexibility index (Phi) is 6.69. The lowest BCUT2D eigenvalue weighted by atomic mass is 10.0. The Bertz CT molecular complexity index is 817. The summed E-state index contributed by atoms with van der Waals surface area (Å²) in [4.78, 5) is 31.1. The van der Waals surface area contributed by atoms with Crippen molar-refractivity contribution in [3.63, 3.8) is 0 Å². The molecule has 2 saturated heterocycles. The maximum atomic E-state index is 14.8. The number of halogens is 1. The Morgan fingerprint density at radius 2 is 2.17 bits per heavy atom. The van der Waals surface area contributed by atoms with Gasteiger partial charge in [-0.3, -0.25) is 9.69 Å². The molecule has 0 radical (unpaired) electrons. The average Bonchev–Trinajstić information content (AvgIpc) is 3.08. The van der Waals surface area contributed by atoms with Crippen molar-refractivity contribution in [3.8, 4) is 0 Å². The Balaban J connectivity index is 1.62. The number of amides is 2. The van der Waals surface area contributed by atoms with Crippen LogP contribution in [0.25, 0.3) is 0 Å². The summed E-state index contributed by atoms with van der Waals surface area (Å²) in [5, 5.41) is 6.32. The number of carbonyl (C=O) groups is 2. The van der Waals surface area contributed by atoms with Gasteiger partial charge in [0.15, 0.2) is 0 Å². The van der Waals surface area contributed by atoms with Crippen LogP contribution in [-0.4, -0.2) is 57.6 Å². The summed E-state index contributed by atoms with van der Waals surface area (Å²) in [5.74, 6) is -0.575. The van der Waals surface area contributed by atoms with Crippen molar-refractivity contribution in [2.45, 2.75) is 25.9 Å². The van der Waals surface area contributed by atoms with E-state index in [1.165, 1.54) is 30.6 Å². The number of ether oxygens (including phenoxy) is 1. The van der Waals surface area contributed by atoms with Gasteiger partial charge in [0.05, 0.1) is 30.7 Å². The van der Waals surface area contributed by atoms with Crippen LogP contribution >= 0.6 is 0 Å². The van der Waals surface area contributed by atoms with Crippen molar-refractivity contribution in [2.24, 2.45) is 5.16 Å². The van der Waals surface area contributed by atoms with E-state index < -0.39 is 12.2 Å². The number of nitrogens with one attached hydrogen (secondary N) is 1. The molecule has 0 unspecified atom stereocenters. The molecule has 0 saturated carbocycles. The predicted molar refractivity (Wildman–Crippen MR) is 108 cm³/mol. The fraction of sp³-hybridized carbons (Fsp3) is 0.450. The van der Waals surface area contributed by atoms with Gasteiger partial charge in [-0.2, -0.15) is 0 Å². The van der Waals surface area contributed by atoms with Gasteiger partial charge < -0.3 is 19.8 Å². The van der Waals surface area contributed by atoms with Crippen LogP contribution in [0.15, 0.2) is 35.0 Å². The van der Waals surface area contributed by atoms with Gasteiger partial charge in [0, 0.05) is 20.0 Å². The molecule has 156 valence electrons. The molecule has 29 heavy (non-hydrogen) atoms. The molecule has 1 aromatic rings. The number of carbonyl (C=O) groups excluding carboxylic acids is 2. The average molecular weight is 404 g/mol. The Labute approximate surface area is 168 Å². The first-order valence-electron chi connectivity index (χ1n) is 9.49. The smallest absolute Gasteiger partial charge is 0.414 e. The van der Waals surface area contributed by atoms with E-state index in [0.29, 0.717) is 24.5 Å². The number of benzene rings is 1. The molecule has 2 aliphatic rings. The lowest BCUT2D eigenvalue weighted by Gasteiger charge is -2.31. The van der Waals surface area contributed by atoms with Crippen molar-refractivity contribution >= 4 is 29.6 Å². The SMILES string of the molecule is CO/N=C/C=C1CCN(c2ccc(N3C[C@H](CNC(C)=O)OC3=O)cc2F)CC1. The summed E-state index contributed by atoms with van der Waals surface area (Å²) in [6, 6.07) is 4.77. The first-order valence-corrected chi connectivity index (χ1v) is 9.49. The Morgan fingerprint density at radius 1 is 1.41 bits per heavy atom. The molecule has 2 heterocycles. The molecule has 3 rings (SSSR count). The molecule has 2 aliphatic heterocycles. The van der Waals surface area contributed by atoms with Crippen LogP contribution in [0.3, 0.4) is 0 Å². The van der Waals surface area contributed by atoms with Gasteiger partial charge in [0.2, 0.25) is 5.91 Å². The van der Waals surface area contributed by atoms with Gasteiger partial charge in [-0.15, -0.1) is 0 Å². The lowest BCUT2D eigenvalue weighted by molar-refractivity contribution is -0.119. The molecule has 8 nitrogen and oxygen atoms in total. The lowest BCUT2D eigenvalue weighted by Crippen LogP contribution is -2.33. The van der Waals surface area contributed by atoms with Gasteiger partial charge in [-0.1, -0.05) is 10.7 Å². The zero-order chi connectivity index (χ0) is 20.8. The summed E-state index contributed by atoms with van der Waals surface area (Å²) in [6.07, 6.45) is 4.19. The summed E-state index contributed by atoms with van der Waals surface area (Å²) >= 11 is 0. The van der Waals surface area contributed by atoms with Crippen molar-refractivity contribution in [1.29, 1.82) is 0 Å². The number of hydrogen-bond acceptors (Lipinski definition) is 6. The van der Waals surface area contributed by atoms with Gasteiger partial charge in [0.25, 0.3) is 0 Å². The molecule has 1 N–H and O–H groups in total. The standard InChI is InChI=1S/C20H25FN4O4/c1-14(26)22-12-17-13-25(20(27)29-17)16-3-4-19(18(21)11-16)24-9-6-15(7-10-24)5-8-23-28-2/h3-5,8,11,17H,6-7,9-10,12-13H2,1-2H3,(H,22,26)/b23-8+/t17-/m0/s1. The number of hydrogen-bond donors (Lipinski definition) is 1. The highest BCUT2D eigenvalue weighted by Gasteiger charge is 2.33. The topological polar surface area (TPSA) is 83.5 Å². The minimum Gasteiger partial charge on any atom is -0.442 e. The summed E-state index contributed by atoms with van der Waals surface area (Å²) in [6.45, 7) is 3.30. The third-order valence-electron chi connectivity index (χ3n) is 4.92. The zero-order valence-corrected chi connectivity index (χ0v) is 16.6. The van der Waals surface area contributed by atoms with Crippen LogP contribution in [-0.2, 0) is 14.4 Å². The number of oxime groups is 1. The van der Waals surface area contributed by atoms with E-state index in [1.54, 1.807) is 18.3 Å². The minimum absolute atomic E-state index is 0.194. The van der Waals surface area contributed by atoms with Gasteiger partial charge in [0.1, 0.15) is 19.0 Å². The maximum absolute atomic E-state index is 14.8. The van der Waals surface area contributed by atoms with Crippen LogP contribution in [0.5, 0.6) is 0 Å². The first kappa shape index (κ1) is 20.6. The molecule has 1 aromatic carbocycles. The van der Waals surface area contributed by atoms with E-state index in [2.05, 4.69) is 15.3 Å². The molecule has 1 atom stereocenters. The van der Waals surface area contributed by atoms with Crippen LogP contribution in [0.4, 0.5) is 20.6 Å². The monoisotopic (exact) mass is 404 g/mol. The molecule has 0 spiro atoms. The molecule has 0 bridgehead atoms. The fourth-order valence-corrected chi connectivity index (χ4v) is 3.41. The fourth-order valence-electron chi connectivity index (χ4n) is 3.41. The normalized spacial score (nSPS) is 19.5. The van der Waals surface area contributed by atoms with Gasteiger partial charge >= 0.3 is 6.09 Å². The maximum Gasteiger partial charge on any atom is 0.414 e. The summed E-state index contributed by atoms with van der Waals surface area (Å²) in [5.41, 5.74) is 2.19. The van der Waals surface area contributed by atoms with Gasteiger partial charge in [-0.25, -0.2) is 9.18 Å². The highest BCUT2D eigenvalue weighted by atomic mass is 19.1. The van der Waals surface area contributed by atoms with Crippen LogP contribution in [0.2, 0.25) is 0 Å². The summed E-state index contributed by atoms with van der Waals surface area (Å²) < 4.78 is 20.0. The number of nitrogens with zero attached hydrogens (tertiary/aromatic N) is 3. The number of rotatable bonds is 6. The molecular weight excluding hydrogens is 379 g/mol. The van der Waals surface area contributed by atoms with E-state index in [9.17, 15) is 14.0 Å². The molecule has 9 heteroatoms. The van der Waals surface area contributed by atoms with Crippen LogP contribution in [0.1, 0.15) is 19.8 Å². The van der Waals surface area contributed by atoms with E-state index in [1.807, 2.05) is 11.0 Å². The molecule has 2 amide bonds. The third-order valence-corrected chi connectivity index (χ3v) is 4.92. The number of allylic oxidation sites excluding steroid dienone is 1. The second-order valence-electron chi connectivity index (χ2n) is 6.94. The van der Waals surface area contributed by atoms with Gasteiger partial charge in [-0.05, 0) is 37.1 Å². The number of anilines is 2. The molecule has 2 fully saturated rings. The largest absolute Gasteiger partial charge is 0.442 e. The van der Waals surface area contributed by atoms with E-state index in [4.69, 9.17) is 4.74 Å². The highest BCUT2D eigenvalue weighted by molar-refractivity contribution is 5.90. The number of piperidine rings is 1. The Hall–Kier alpha value is -3.10. The molecular formula is C20H25FN4O4. The van der Waals surface area contributed by atoms with Crippen LogP contribution in [0, 0.1) is 5.82 Å². The summed E-state index contributed by atoms with van der Waals surface area (Å²) in [7, 11) is 1.50. The van der Waals surface area contributed by atoms with E-state index >= 15 is 0 Å².